The fourth-order valence-electron chi connectivity index (χ4n) is 3.25. The topological polar surface area (TPSA) is 18.5 Å². The van der Waals surface area contributed by atoms with Crippen LogP contribution in [-0.4, -0.2) is 24.4 Å². The number of rotatable bonds is 2. The zero-order valence-corrected chi connectivity index (χ0v) is 9.75. The molecule has 2 heterocycles. The molecule has 2 heteroatoms. The van der Waals surface area contributed by atoms with E-state index in [4.69, 9.17) is 9.47 Å². The number of fused-ring (bicyclic) bond motifs is 1. The molecule has 0 aromatic heterocycles. The standard InChI is InChI=1S/C12H22O2/c1-5-9-8-7-13-12(3,4)11(8)10(6-2)14-9/h8-11H,5-7H2,1-4H3. The molecule has 0 radical (unpaired) electrons. The van der Waals surface area contributed by atoms with Crippen LogP contribution >= 0.6 is 0 Å². The van der Waals surface area contributed by atoms with Gasteiger partial charge in [0, 0.05) is 11.8 Å². The van der Waals surface area contributed by atoms with Crippen LogP contribution in [0.3, 0.4) is 0 Å². The molecule has 2 saturated heterocycles. The Morgan fingerprint density at radius 2 is 1.79 bits per heavy atom. The highest BCUT2D eigenvalue weighted by Crippen LogP contribution is 2.48. The van der Waals surface area contributed by atoms with Crippen molar-refractivity contribution in [3.8, 4) is 0 Å². The summed E-state index contributed by atoms with van der Waals surface area (Å²) in [7, 11) is 0. The Labute approximate surface area is 87.0 Å². The molecular formula is C12H22O2. The monoisotopic (exact) mass is 198 g/mol. The van der Waals surface area contributed by atoms with E-state index in [1.54, 1.807) is 0 Å². The van der Waals surface area contributed by atoms with Gasteiger partial charge < -0.3 is 9.47 Å². The smallest absolute Gasteiger partial charge is 0.0683 e. The molecule has 2 nitrogen and oxygen atoms in total. The van der Waals surface area contributed by atoms with Crippen LogP contribution in [0.1, 0.15) is 40.5 Å². The summed E-state index contributed by atoms with van der Waals surface area (Å²) in [5.41, 5.74) is 0.0231. The van der Waals surface area contributed by atoms with Crippen LogP contribution in [0.15, 0.2) is 0 Å². The highest BCUT2D eigenvalue weighted by Gasteiger charge is 2.54. The predicted octanol–water partition coefficient (Wildman–Crippen LogP) is 2.62. The average Bonchev–Trinajstić information content (AvgIpc) is 2.65. The zero-order chi connectivity index (χ0) is 10.3. The van der Waals surface area contributed by atoms with E-state index in [9.17, 15) is 0 Å². The quantitative estimate of drug-likeness (QED) is 0.679. The van der Waals surface area contributed by atoms with Gasteiger partial charge in [-0.3, -0.25) is 0 Å². The third-order valence-electron chi connectivity index (χ3n) is 3.94. The first-order chi connectivity index (χ1) is 6.60. The summed E-state index contributed by atoms with van der Waals surface area (Å²) in [6, 6.07) is 0. The Kier molecular flexibility index (Phi) is 2.61. The number of hydrogen-bond donors (Lipinski definition) is 0. The number of ether oxygens (including phenoxy) is 2. The largest absolute Gasteiger partial charge is 0.375 e. The first-order valence-corrected chi connectivity index (χ1v) is 5.89. The Morgan fingerprint density at radius 1 is 1.14 bits per heavy atom. The Balaban J connectivity index is 2.19. The van der Waals surface area contributed by atoms with Gasteiger partial charge in [0.2, 0.25) is 0 Å². The molecule has 2 aliphatic rings. The summed E-state index contributed by atoms with van der Waals surface area (Å²) in [4.78, 5) is 0. The molecule has 2 aliphatic heterocycles. The van der Waals surface area contributed by atoms with Crippen LogP contribution in [-0.2, 0) is 9.47 Å². The summed E-state index contributed by atoms with van der Waals surface area (Å²) in [6.07, 6.45) is 3.09. The Morgan fingerprint density at radius 3 is 2.36 bits per heavy atom. The van der Waals surface area contributed by atoms with Gasteiger partial charge in [-0.05, 0) is 26.7 Å². The van der Waals surface area contributed by atoms with Crippen molar-refractivity contribution in [3.05, 3.63) is 0 Å². The maximum Gasteiger partial charge on any atom is 0.0683 e. The first kappa shape index (κ1) is 10.4. The van der Waals surface area contributed by atoms with Crippen molar-refractivity contribution in [2.75, 3.05) is 6.61 Å². The molecule has 0 aromatic rings. The van der Waals surface area contributed by atoms with Crippen molar-refractivity contribution in [1.29, 1.82) is 0 Å². The van der Waals surface area contributed by atoms with Gasteiger partial charge in [0.25, 0.3) is 0 Å². The fraction of sp³-hybridized carbons (Fsp3) is 1.00. The van der Waals surface area contributed by atoms with Crippen LogP contribution in [0.2, 0.25) is 0 Å². The van der Waals surface area contributed by atoms with Gasteiger partial charge in [0.05, 0.1) is 24.4 Å². The van der Waals surface area contributed by atoms with Gasteiger partial charge in [-0.1, -0.05) is 13.8 Å². The predicted molar refractivity (Wildman–Crippen MR) is 56.3 cm³/mol. The van der Waals surface area contributed by atoms with Crippen LogP contribution in [0.25, 0.3) is 0 Å². The molecule has 82 valence electrons. The summed E-state index contributed by atoms with van der Waals surface area (Å²) >= 11 is 0. The van der Waals surface area contributed by atoms with Crippen LogP contribution in [0.5, 0.6) is 0 Å². The molecule has 0 N–H and O–H groups in total. The van der Waals surface area contributed by atoms with Gasteiger partial charge >= 0.3 is 0 Å². The molecule has 14 heavy (non-hydrogen) atoms. The molecule has 0 spiro atoms. The molecule has 0 saturated carbocycles. The van der Waals surface area contributed by atoms with Gasteiger partial charge in [-0.15, -0.1) is 0 Å². The minimum absolute atomic E-state index is 0.0231. The van der Waals surface area contributed by atoms with Gasteiger partial charge in [0.15, 0.2) is 0 Å². The second-order valence-electron chi connectivity index (χ2n) is 5.13. The molecule has 0 aromatic carbocycles. The van der Waals surface area contributed by atoms with Crippen LogP contribution < -0.4 is 0 Å². The highest BCUT2D eigenvalue weighted by atomic mass is 16.5. The summed E-state index contributed by atoms with van der Waals surface area (Å²) in [6.45, 7) is 9.75. The third-order valence-corrected chi connectivity index (χ3v) is 3.94. The van der Waals surface area contributed by atoms with Crippen LogP contribution in [0, 0.1) is 11.8 Å². The number of hydrogen-bond acceptors (Lipinski definition) is 2. The summed E-state index contributed by atoms with van der Waals surface area (Å²) < 4.78 is 12.0. The lowest BCUT2D eigenvalue weighted by Gasteiger charge is -2.28. The lowest BCUT2D eigenvalue weighted by molar-refractivity contribution is -0.0597. The molecule has 4 atom stereocenters. The van der Waals surface area contributed by atoms with E-state index in [1.165, 1.54) is 0 Å². The molecule has 4 unspecified atom stereocenters. The maximum absolute atomic E-state index is 6.08. The normalized spacial score (nSPS) is 45.4. The molecule has 2 fully saturated rings. The molecule has 0 aliphatic carbocycles. The fourth-order valence-corrected chi connectivity index (χ4v) is 3.25. The van der Waals surface area contributed by atoms with E-state index in [0.29, 0.717) is 24.0 Å². The van der Waals surface area contributed by atoms with E-state index in [0.717, 1.165) is 19.4 Å². The van der Waals surface area contributed by atoms with Crippen molar-refractivity contribution in [2.24, 2.45) is 11.8 Å². The lowest BCUT2D eigenvalue weighted by Crippen LogP contribution is -2.35. The van der Waals surface area contributed by atoms with Crippen molar-refractivity contribution in [1.82, 2.24) is 0 Å². The molecule has 0 amide bonds. The van der Waals surface area contributed by atoms with Crippen LogP contribution in [0.4, 0.5) is 0 Å². The molecular weight excluding hydrogens is 176 g/mol. The van der Waals surface area contributed by atoms with Crippen molar-refractivity contribution in [2.45, 2.75) is 58.3 Å². The molecule has 2 rings (SSSR count). The van der Waals surface area contributed by atoms with E-state index in [-0.39, 0.29) is 5.60 Å². The van der Waals surface area contributed by atoms with Crippen molar-refractivity contribution in [3.63, 3.8) is 0 Å². The van der Waals surface area contributed by atoms with Crippen molar-refractivity contribution < 1.29 is 9.47 Å². The second-order valence-corrected chi connectivity index (χ2v) is 5.13. The second kappa shape index (κ2) is 3.49. The van der Waals surface area contributed by atoms with E-state index in [1.807, 2.05) is 0 Å². The van der Waals surface area contributed by atoms with Gasteiger partial charge in [0.1, 0.15) is 0 Å². The van der Waals surface area contributed by atoms with E-state index < -0.39 is 0 Å². The SMILES string of the molecule is CCC1OC(CC)C2C1COC2(C)C. The summed E-state index contributed by atoms with van der Waals surface area (Å²) in [5.74, 6) is 1.25. The minimum Gasteiger partial charge on any atom is -0.375 e. The minimum atomic E-state index is 0.0231. The summed E-state index contributed by atoms with van der Waals surface area (Å²) in [5, 5.41) is 0. The molecule has 0 bridgehead atoms. The first-order valence-electron chi connectivity index (χ1n) is 5.89. The maximum atomic E-state index is 6.08. The van der Waals surface area contributed by atoms with Gasteiger partial charge in [-0.2, -0.15) is 0 Å². The van der Waals surface area contributed by atoms with Crippen molar-refractivity contribution >= 4 is 0 Å². The van der Waals surface area contributed by atoms with E-state index in [2.05, 4.69) is 27.7 Å². The Hall–Kier alpha value is -0.0800. The van der Waals surface area contributed by atoms with E-state index >= 15 is 0 Å². The van der Waals surface area contributed by atoms with Gasteiger partial charge in [-0.25, -0.2) is 0 Å². The third kappa shape index (κ3) is 1.40. The Bertz CT molecular complexity index is 212. The zero-order valence-electron chi connectivity index (χ0n) is 9.75. The average molecular weight is 198 g/mol. The highest BCUT2D eigenvalue weighted by molar-refractivity contribution is 5.01. The lowest BCUT2D eigenvalue weighted by atomic mass is 9.78.